The van der Waals surface area contributed by atoms with Crippen molar-refractivity contribution in [2.45, 2.75) is 38.8 Å². The molecule has 118 valence electrons. The van der Waals surface area contributed by atoms with Gasteiger partial charge in [0.15, 0.2) is 5.00 Å². The quantitative estimate of drug-likeness (QED) is 0.668. The summed E-state index contributed by atoms with van der Waals surface area (Å²) in [5.41, 5.74) is 0.108. The highest BCUT2D eigenvalue weighted by Crippen LogP contribution is 2.41. The van der Waals surface area contributed by atoms with E-state index in [9.17, 15) is 15.2 Å². The minimum Gasteiger partial charge on any atom is -0.388 e. The molecule has 1 aliphatic heterocycles. The Balaban J connectivity index is 2.18. The number of piperidine rings is 1. The Labute approximate surface area is 129 Å². The van der Waals surface area contributed by atoms with E-state index in [-0.39, 0.29) is 10.6 Å². The van der Waals surface area contributed by atoms with Crippen LogP contribution < -0.4 is 4.90 Å². The Morgan fingerprint density at radius 3 is 2.67 bits per heavy atom. The summed E-state index contributed by atoms with van der Waals surface area (Å²) in [5, 5.41) is 21.6. The molecule has 0 bridgehead atoms. The SMILES string of the molecule is CCN1CCC(N(C)c2sc([C@H](C)O)cc2[N+](=O)[O-])CC1. The molecule has 0 radical (unpaired) electrons. The summed E-state index contributed by atoms with van der Waals surface area (Å²) in [6.45, 7) is 6.92. The van der Waals surface area contributed by atoms with E-state index in [1.165, 1.54) is 17.4 Å². The van der Waals surface area contributed by atoms with Crippen molar-refractivity contribution in [2.24, 2.45) is 0 Å². The van der Waals surface area contributed by atoms with Gasteiger partial charge in [0, 0.05) is 37.1 Å². The lowest BCUT2D eigenvalue weighted by atomic mass is 10.0. The maximum absolute atomic E-state index is 11.2. The fourth-order valence-electron chi connectivity index (χ4n) is 2.77. The van der Waals surface area contributed by atoms with Gasteiger partial charge in [-0.2, -0.15) is 0 Å². The highest BCUT2D eigenvalue weighted by atomic mass is 32.1. The summed E-state index contributed by atoms with van der Waals surface area (Å²) >= 11 is 1.32. The van der Waals surface area contributed by atoms with Gasteiger partial charge in [-0.05, 0) is 26.3 Å². The molecule has 0 unspecified atom stereocenters. The maximum Gasteiger partial charge on any atom is 0.304 e. The molecular weight excluding hydrogens is 290 g/mol. The molecule has 1 aromatic heterocycles. The van der Waals surface area contributed by atoms with Crippen molar-refractivity contribution in [2.75, 3.05) is 31.6 Å². The van der Waals surface area contributed by atoms with E-state index in [1.807, 2.05) is 11.9 Å². The summed E-state index contributed by atoms with van der Waals surface area (Å²) in [6.07, 6.45) is 1.37. The Morgan fingerprint density at radius 2 is 2.19 bits per heavy atom. The van der Waals surface area contributed by atoms with Crippen molar-refractivity contribution in [3.05, 3.63) is 21.1 Å². The highest BCUT2D eigenvalue weighted by Gasteiger charge is 2.29. The van der Waals surface area contributed by atoms with E-state index in [1.54, 1.807) is 6.92 Å². The van der Waals surface area contributed by atoms with Gasteiger partial charge in [-0.25, -0.2) is 0 Å². The van der Waals surface area contributed by atoms with Crippen LogP contribution in [0.3, 0.4) is 0 Å². The lowest BCUT2D eigenvalue weighted by molar-refractivity contribution is -0.383. The Kier molecular flexibility index (Phi) is 5.18. The number of anilines is 1. The lowest BCUT2D eigenvalue weighted by Gasteiger charge is -2.36. The van der Waals surface area contributed by atoms with Crippen LogP contribution in [-0.4, -0.2) is 47.7 Å². The number of aliphatic hydroxyl groups excluding tert-OH is 1. The number of rotatable bonds is 5. The van der Waals surface area contributed by atoms with Crippen LogP contribution in [0.2, 0.25) is 0 Å². The third-order valence-corrected chi connectivity index (χ3v) is 5.58. The predicted octanol–water partition coefficient (Wildman–Crippen LogP) is 2.63. The average Bonchev–Trinajstić information content (AvgIpc) is 2.92. The summed E-state index contributed by atoms with van der Waals surface area (Å²) in [6, 6.07) is 1.83. The molecule has 21 heavy (non-hydrogen) atoms. The molecule has 1 N–H and O–H groups in total. The standard InChI is InChI=1S/C14H23N3O3S/c1-4-16-7-5-11(6-8-16)15(3)14-12(17(19)20)9-13(21-14)10(2)18/h9-11,18H,4-8H2,1-3H3/t10-/m0/s1. The zero-order valence-electron chi connectivity index (χ0n) is 12.8. The molecule has 1 fully saturated rings. The summed E-state index contributed by atoms with van der Waals surface area (Å²) < 4.78 is 0. The van der Waals surface area contributed by atoms with E-state index in [0.29, 0.717) is 15.9 Å². The molecule has 0 amide bonds. The van der Waals surface area contributed by atoms with Crippen LogP contribution in [-0.2, 0) is 0 Å². The summed E-state index contributed by atoms with van der Waals surface area (Å²) in [7, 11) is 1.93. The Hall–Kier alpha value is -1.18. The average molecular weight is 313 g/mol. The fourth-order valence-corrected chi connectivity index (χ4v) is 3.86. The molecule has 7 heteroatoms. The van der Waals surface area contributed by atoms with Crippen molar-refractivity contribution >= 4 is 22.0 Å². The minimum atomic E-state index is -0.669. The molecule has 2 rings (SSSR count). The summed E-state index contributed by atoms with van der Waals surface area (Å²) in [5.74, 6) is 0. The van der Waals surface area contributed by atoms with Gasteiger partial charge in [0.25, 0.3) is 0 Å². The number of likely N-dealkylation sites (tertiary alicyclic amines) is 1. The van der Waals surface area contributed by atoms with Gasteiger partial charge >= 0.3 is 5.69 Å². The normalized spacial score (nSPS) is 18.7. The first kappa shape index (κ1) is 16.2. The lowest BCUT2D eigenvalue weighted by Crippen LogP contribution is -2.43. The van der Waals surface area contributed by atoms with Crippen LogP contribution in [0.5, 0.6) is 0 Å². The van der Waals surface area contributed by atoms with Crippen molar-refractivity contribution < 1.29 is 10.0 Å². The second kappa shape index (κ2) is 6.72. The second-order valence-corrected chi connectivity index (χ2v) is 6.61. The largest absolute Gasteiger partial charge is 0.388 e. The Bertz CT molecular complexity index is 496. The molecule has 0 spiro atoms. The van der Waals surface area contributed by atoms with Crippen LogP contribution in [0.1, 0.15) is 37.7 Å². The van der Waals surface area contributed by atoms with Crippen LogP contribution in [0.4, 0.5) is 10.7 Å². The zero-order valence-corrected chi connectivity index (χ0v) is 13.6. The predicted molar refractivity (Wildman–Crippen MR) is 85.1 cm³/mol. The number of thiophene rings is 1. The fraction of sp³-hybridized carbons (Fsp3) is 0.714. The molecule has 2 heterocycles. The van der Waals surface area contributed by atoms with Gasteiger partial charge in [-0.3, -0.25) is 10.1 Å². The molecule has 0 aromatic carbocycles. The molecule has 1 atom stereocenters. The van der Waals surface area contributed by atoms with E-state index in [0.717, 1.165) is 32.5 Å². The van der Waals surface area contributed by atoms with Crippen LogP contribution in [0.15, 0.2) is 6.07 Å². The molecule has 1 saturated heterocycles. The minimum absolute atomic E-state index is 0.108. The zero-order chi connectivity index (χ0) is 15.6. The van der Waals surface area contributed by atoms with Crippen molar-refractivity contribution in [1.82, 2.24) is 4.90 Å². The third-order valence-electron chi connectivity index (χ3n) is 4.19. The second-order valence-electron chi connectivity index (χ2n) is 5.55. The van der Waals surface area contributed by atoms with E-state index in [4.69, 9.17) is 0 Å². The number of aliphatic hydroxyl groups is 1. The Morgan fingerprint density at radius 1 is 1.57 bits per heavy atom. The van der Waals surface area contributed by atoms with E-state index >= 15 is 0 Å². The summed E-state index contributed by atoms with van der Waals surface area (Å²) in [4.78, 5) is 16.0. The van der Waals surface area contributed by atoms with Crippen molar-refractivity contribution in [3.8, 4) is 0 Å². The topological polar surface area (TPSA) is 69.8 Å². The molecular formula is C14H23N3O3S. The van der Waals surface area contributed by atoms with E-state index in [2.05, 4.69) is 11.8 Å². The first-order chi connectivity index (χ1) is 9.93. The van der Waals surface area contributed by atoms with Gasteiger partial charge in [-0.15, -0.1) is 11.3 Å². The van der Waals surface area contributed by atoms with Crippen LogP contribution in [0.25, 0.3) is 0 Å². The first-order valence-electron chi connectivity index (χ1n) is 7.35. The first-order valence-corrected chi connectivity index (χ1v) is 8.17. The smallest absolute Gasteiger partial charge is 0.304 e. The number of hydrogen-bond acceptors (Lipinski definition) is 6. The van der Waals surface area contributed by atoms with Crippen molar-refractivity contribution in [3.63, 3.8) is 0 Å². The number of hydrogen-bond donors (Lipinski definition) is 1. The molecule has 0 saturated carbocycles. The number of nitro groups is 1. The van der Waals surface area contributed by atoms with E-state index < -0.39 is 6.10 Å². The van der Waals surface area contributed by atoms with Crippen LogP contribution in [0, 0.1) is 10.1 Å². The maximum atomic E-state index is 11.2. The molecule has 6 nitrogen and oxygen atoms in total. The van der Waals surface area contributed by atoms with Gasteiger partial charge < -0.3 is 14.9 Å². The van der Waals surface area contributed by atoms with Gasteiger partial charge in [0.2, 0.25) is 0 Å². The van der Waals surface area contributed by atoms with Gasteiger partial charge in [0.1, 0.15) is 0 Å². The van der Waals surface area contributed by atoms with Crippen molar-refractivity contribution in [1.29, 1.82) is 0 Å². The third kappa shape index (κ3) is 3.53. The highest BCUT2D eigenvalue weighted by molar-refractivity contribution is 7.16. The monoisotopic (exact) mass is 313 g/mol. The van der Waals surface area contributed by atoms with Gasteiger partial charge in [0.05, 0.1) is 11.0 Å². The molecule has 0 aliphatic carbocycles. The molecule has 1 aliphatic rings. The van der Waals surface area contributed by atoms with Gasteiger partial charge in [-0.1, -0.05) is 6.92 Å². The molecule has 1 aromatic rings. The van der Waals surface area contributed by atoms with Crippen LogP contribution >= 0.6 is 11.3 Å². The number of nitrogens with zero attached hydrogens (tertiary/aromatic N) is 3.